The molecule has 64 heavy (non-hydrogen) atoms. The second kappa shape index (κ2) is 23.0. The van der Waals surface area contributed by atoms with Crippen molar-refractivity contribution in [1.82, 2.24) is 0 Å². The van der Waals surface area contributed by atoms with Gasteiger partial charge < -0.3 is 20.4 Å². The molecule has 8 aromatic rings. The summed E-state index contributed by atoms with van der Waals surface area (Å²) in [5.41, 5.74) is 1.43. The highest BCUT2D eigenvalue weighted by Gasteiger charge is 2.44. The van der Waals surface area contributed by atoms with Gasteiger partial charge in [-0.1, -0.05) is 181 Å². The lowest BCUT2D eigenvalue weighted by Gasteiger charge is -2.26. The molecule has 0 bridgehead atoms. The third kappa shape index (κ3) is 11.6. The fourth-order valence-corrected chi connectivity index (χ4v) is 14.7. The number of hydrogen-bond donors (Lipinski definition) is 2. The molecular formula is C56H46O6P2. The van der Waals surface area contributed by atoms with E-state index in [1.165, 1.54) is 31.8 Å². The van der Waals surface area contributed by atoms with Crippen molar-refractivity contribution < 1.29 is 30.0 Å². The summed E-state index contributed by atoms with van der Waals surface area (Å²) < 4.78 is 0. The van der Waals surface area contributed by atoms with Crippen LogP contribution in [0.3, 0.4) is 0 Å². The zero-order valence-electron chi connectivity index (χ0n) is 34.8. The number of carbonyl (C=O) groups is 2. The van der Waals surface area contributed by atoms with Crippen molar-refractivity contribution in [2.24, 2.45) is 0 Å². The van der Waals surface area contributed by atoms with Gasteiger partial charge in [-0.15, -0.1) is 0 Å². The van der Waals surface area contributed by atoms with Gasteiger partial charge in [0.25, 0.3) is 0 Å². The second-order valence-corrected chi connectivity index (χ2v) is 20.7. The van der Waals surface area contributed by atoms with E-state index < -0.39 is 26.5 Å². The fraction of sp³-hybridized carbons (Fsp3) is 0. The monoisotopic (exact) mass is 876 g/mol. The molecule has 0 aromatic heterocycles. The van der Waals surface area contributed by atoms with Gasteiger partial charge in [0.1, 0.15) is 46.4 Å². The van der Waals surface area contributed by atoms with Crippen LogP contribution in [0.2, 0.25) is 0 Å². The number of aliphatic carboxylic acids is 2. The summed E-state index contributed by atoms with van der Waals surface area (Å²) in [5, 5.41) is 49.4. The first-order chi connectivity index (χ1) is 31.2. The van der Waals surface area contributed by atoms with E-state index in [1.54, 1.807) is 0 Å². The fourth-order valence-electron chi connectivity index (χ4n) is 7.17. The summed E-state index contributed by atoms with van der Waals surface area (Å²) in [6, 6.07) is 81.5. The number of carboxylic acids is 2. The molecule has 8 aromatic carbocycles. The van der Waals surface area contributed by atoms with E-state index in [2.05, 4.69) is 146 Å². The molecule has 0 aliphatic heterocycles. The Labute approximate surface area is 375 Å². The summed E-state index contributed by atoms with van der Waals surface area (Å²) in [6.07, 6.45) is 1.12. The zero-order valence-corrected chi connectivity index (χ0v) is 36.6. The van der Waals surface area contributed by atoms with Gasteiger partial charge in [-0.05, 0) is 83.9 Å². The smallest absolute Gasteiger partial charge is 0.328 e. The summed E-state index contributed by atoms with van der Waals surface area (Å²) in [7, 11) is -4.50. The third-order valence-corrected chi connectivity index (χ3v) is 18.0. The van der Waals surface area contributed by atoms with Crippen molar-refractivity contribution in [1.29, 1.82) is 0 Å². The van der Waals surface area contributed by atoms with Crippen LogP contribution in [-0.4, -0.2) is 22.2 Å². The largest absolute Gasteiger partial charge is 0.870 e. The van der Waals surface area contributed by atoms with Crippen molar-refractivity contribution in [3.8, 4) is 0 Å². The van der Waals surface area contributed by atoms with Crippen LogP contribution in [0.4, 0.5) is 0 Å². The first-order valence-corrected chi connectivity index (χ1v) is 24.1. The Bertz CT molecular complexity index is 2360. The highest BCUT2D eigenvalue weighted by Crippen LogP contribution is 2.59. The highest BCUT2D eigenvalue weighted by molar-refractivity contribution is 7.98. The third-order valence-electron chi connectivity index (χ3n) is 10.1. The first-order valence-electron chi connectivity index (χ1n) is 20.4. The normalized spacial score (nSPS) is 11.6. The van der Waals surface area contributed by atoms with Crippen molar-refractivity contribution in [2.75, 3.05) is 0 Å². The summed E-state index contributed by atoms with van der Waals surface area (Å²) >= 11 is 0. The van der Waals surface area contributed by atoms with Gasteiger partial charge in [-0.2, -0.15) is 0 Å². The Kier molecular flexibility index (Phi) is 16.5. The standard InChI is InChI=1S/2C26H21OP.C4H4O4/c2*27-26(22-13-5-1-6-14-22)21-28(23-15-7-2-8-16-23,24-17-9-3-10-18-24)25-19-11-4-12-20-25;5-3(6)1-2-4(7)8/h2*1-21H;1-2H,(H,5,6)(H,7,8)/b2*26-21-;2-1+. The predicted octanol–water partition coefficient (Wildman–Crippen LogP) is 8.39. The van der Waals surface area contributed by atoms with Crippen LogP contribution in [0.5, 0.6) is 0 Å². The Morgan fingerprint density at radius 3 is 0.656 bits per heavy atom. The van der Waals surface area contributed by atoms with Gasteiger partial charge in [0, 0.05) is 12.2 Å². The van der Waals surface area contributed by atoms with Crippen LogP contribution in [0.15, 0.2) is 266 Å². The Morgan fingerprint density at radius 2 is 0.484 bits per heavy atom. The number of hydrogen-bond acceptors (Lipinski definition) is 4. The molecule has 0 aliphatic rings. The van der Waals surface area contributed by atoms with Crippen molar-refractivity contribution in [3.05, 3.63) is 278 Å². The van der Waals surface area contributed by atoms with Gasteiger partial charge in [-0.3, -0.25) is 0 Å². The average Bonchev–Trinajstić information content (AvgIpc) is 3.36. The van der Waals surface area contributed by atoms with E-state index in [0.29, 0.717) is 12.2 Å². The lowest BCUT2D eigenvalue weighted by atomic mass is 10.2. The van der Waals surface area contributed by atoms with Gasteiger partial charge in [0.15, 0.2) is 0 Å². The van der Waals surface area contributed by atoms with Gasteiger partial charge in [-0.25, -0.2) is 9.59 Å². The van der Waals surface area contributed by atoms with E-state index in [-0.39, 0.29) is 11.5 Å². The molecule has 0 amide bonds. The topological polar surface area (TPSA) is 121 Å². The summed E-state index contributed by atoms with van der Waals surface area (Å²) in [5.74, 6) is 1.56. The molecular weight excluding hydrogens is 831 g/mol. The predicted molar refractivity (Wildman–Crippen MR) is 264 cm³/mol. The second-order valence-electron chi connectivity index (χ2n) is 14.2. The maximum atomic E-state index is 13.4. The van der Waals surface area contributed by atoms with Crippen molar-refractivity contribution in [3.63, 3.8) is 0 Å². The van der Waals surface area contributed by atoms with E-state index in [9.17, 15) is 19.8 Å². The molecule has 8 rings (SSSR count). The average molecular weight is 877 g/mol. The summed E-state index contributed by atoms with van der Waals surface area (Å²) in [6.45, 7) is 0. The van der Waals surface area contributed by atoms with E-state index in [4.69, 9.17) is 10.2 Å². The van der Waals surface area contributed by atoms with Gasteiger partial charge in [0.2, 0.25) is 0 Å². The highest BCUT2D eigenvalue weighted by atomic mass is 31.2. The van der Waals surface area contributed by atoms with Crippen LogP contribution in [-0.2, 0) is 9.59 Å². The van der Waals surface area contributed by atoms with Crippen LogP contribution >= 0.6 is 14.5 Å². The Balaban J connectivity index is 0.000000182. The molecule has 0 heterocycles. The minimum absolute atomic E-state index is 0.0606. The molecule has 0 aliphatic carbocycles. The number of carboxylic acid groups (broad SMARTS) is 2. The van der Waals surface area contributed by atoms with Gasteiger partial charge >= 0.3 is 11.9 Å². The van der Waals surface area contributed by atoms with Gasteiger partial charge in [0.05, 0.1) is 11.6 Å². The van der Waals surface area contributed by atoms with Crippen LogP contribution in [0.1, 0.15) is 11.1 Å². The molecule has 316 valence electrons. The Morgan fingerprint density at radius 1 is 0.312 bits per heavy atom. The maximum Gasteiger partial charge on any atom is 0.328 e. The molecule has 6 nitrogen and oxygen atoms in total. The molecule has 0 fully saturated rings. The van der Waals surface area contributed by atoms with Crippen molar-refractivity contribution in [2.45, 2.75) is 0 Å². The van der Waals surface area contributed by atoms with Crippen LogP contribution in [0.25, 0.3) is 11.5 Å². The Hall–Kier alpha value is -7.62. The minimum Gasteiger partial charge on any atom is -0.870 e. The maximum absolute atomic E-state index is 13.4. The molecule has 0 unspecified atom stereocenters. The quantitative estimate of drug-likeness (QED) is 0.0723. The van der Waals surface area contributed by atoms with E-state index in [1.807, 2.05) is 109 Å². The molecule has 0 spiro atoms. The van der Waals surface area contributed by atoms with E-state index >= 15 is 0 Å². The first kappa shape index (κ1) is 45.9. The lowest BCUT2D eigenvalue weighted by Crippen LogP contribution is -2.30. The van der Waals surface area contributed by atoms with E-state index in [0.717, 1.165) is 11.1 Å². The number of rotatable bonds is 12. The van der Waals surface area contributed by atoms with Crippen LogP contribution in [0, 0.1) is 0 Å². The lowest BCUT2D eigenvalue weighted by molar-refractivity contribution is -0.244. The van der Waals surface area contributed by atoms with Crippen LogP contribution < -0.4 is 42.0 Å². The minimum atomic E-state index is -2.25. The summed E-state index contributed by atoms with van der Waals surface area (Å²) in [4.78, 5) is 19.1. The zero-order chi connectivity index (χ0) is 45.0. The SMILES string of the molecule is O=C(O)/C=C/C(=O)O.[O-]/C(=C\[P+](c1ccccc1)(c1ccccc1)c1ccccc1)c1ccccc1.[O-]/C(=C\[P+](c1ccccc1)(c1ccccc1)c1ccccc1)c1ccccc1. The molecule has 0 atom stereocenters. The molecule has 0 saturated carbocycles. The number of benzene rings is 8. The molecule has 2 N–H and O–H groups in total. The van der Waals surface area contributed by atoms with Crippen molar-refractivity contribution >= 4 is 69.8 Å². The molecule has 8 heteroatoms. The molecule has 0 radical (unpaired) electrons. The molecule has 0 saturated heterocycles.